The lowest BCUT2D eigenvalue weighted by Crippen LogP contribution is -2.28. The highest BCUT2D eigenvalue weighted by molar-refractivity contribution is 7.92. The molecule has 0 radical (unpaired) electrons. The van der Waals surface area contributed by atoms with Gasteiger partial charge < -0.3 is 15.8 Å². The van der Waals surface area contributed by atoms with Gasteiger partial charge in [0.05, 0.1) is 11.0 Å². The van der Waals surface area contributed by atoms with E-state index in [1.165, 1.54) is 0 Å². The highest BCUT2D eigenvalue weighted by Crippen LogP contribution is 2.14. The van der Waals surface area contributed by atoms with Gasteiger partial charge in [-0.05, 0) is 38.1 Å². The van der Waals surface area contributed by atoms with E-state index in [-0.39, 0.29) is 16.8 Å². The molecule has 3 N–H and O–H groups in total. The maximum absolute atomic E-state index is 11.8. The SMILES string of the molecule is CC(C)S(=O)(=O)CCN(C)c1ccc(/C(N)=N/O)cc1. The third kappa shape index (κ3) is 4.12. The molecule has 0 saturated carbocycles. The minimum Gasteiger partial charge on any atom is -0.409 e. The van der Waals surface area contributed by atoms with Gasteiger partial charge in [0, 0.05) is 24.8 Å². The first kappa shape index (κ1) is 16.3. The van der Waals surface area contributed by atoms with Crippen molar-refractivity contribution in [2.75, 3.05) is 24.2 Å². The van der Waals surface area contributed by atoms with Crippen LogP contribution in [-0.2, 0) is 9.84 Å². The van der Waals surface area contributed by atoms with E-state index in [1.807, 2.05) is 11.9 Å². The lowest BCUT2D eigenvalue weighted by molar-refractivity contribution is 0.318. The van der Waals surface area contributed by atoms with E-state index < -0.39 is 9.84 Å². The Morgan fingerprint density at radius 1 is 1.35 bits per heavy atom. The predicted molar refractivity (Wildman–Crippen MR) is 81.1 cm³/mol. The molecule has 1 rings (SSSR count). The summed E-state index contributed by atoms with van der Waals surface area (Å²) in [6.07, 6.45) is 0. The molecular formula is C13H21N3O3S. The van der Waals surface area contributed by atoms with Crippen molar-refractivity contribution in [2.45, 2.75) is 19.1 Å². The molecule has 0 aromatic heterocycles. The molecule has 0 atom stereocenters. The summed E-state index contributed by atoms with van der Waals surface area (Å²) in [6, 6.07) is 7.04. The summed E-state index contributed by atoms with van der Waals surface area (Å²) >= 11 is 0. The van der Waals surface area contributed by atoms with Crippen LogP contribution >= 0.6 is 0 Å². The molecule has 0 unspecified atom stereocenters. The maximum Gasteiger partial charge on any atom is 0.170 e. The van der Waals surface area contributed by atoms with Gasteiger partial charge in [-0.2, -0.15) is 0 Å². The second-order valence-electron chi connectivity index (χ2n) is 4.87. The molecule has 1 aromatic carbocycles. The number of hydrogen-bond donors (Lipinski definition) is 2. The van der Waals surface area contributed by atoms with E-state index in [4.69, 9.17) is 10.9 Å². The Morgan fingerprint density at radius 2 is 1.90 bits per heavy atom. The highest BCUT2D eigenvalue weighted by Gasteiger charge is 2.16. The van der Waals surface area contributed by atoms with Gasteiger partial charge in [0.15, 0.2) is 15.7 Å². The fraction of sp³-hybridized carbons (Fsp3) is 0.462. The number of nitrogens with two attached hydrogens (primary N) is 1. The Bertz CT molecular complexity index is 565. The average Bonchev–Trinajstić information content (AvgIpc) is 2.44. The van der Waals surface area contributed by atoms with Crippen molar-refractivity contribution in [1.82, 2.24) is 0 Å². The number of sulfone groups is 1. The smallest absolute Gasteiger partial charge is 0.170 e. The van der Waals surface area contributed by atoms with E-state index in [1.54, 1.807) is 38.1 Å². The monoisotopic (exact) mass is 299 g/mol. The Labute approximate surface area is 119 Å². The van der Waals surface area contributed by atoms with Gasteiger partial charge in [-0.3, -0.25) is 0 Å². The normalized spacial score (nSPS) is 12.7. The zero-order valence-corrected chi connectivity index (χ0v) is 12.8. The second kappa shape index (κ2) is 6.60. The molecular weight excluding hydrogens is 278 g/mol. The number of amidine groups is 1. The molecule has 0 amide bonds. The van der Waals surface area contributed by atoms with Crippen LogP contribution in [0.2, 0.25) is 0 Å². The van der Waals surface area contributed by atoms with Crippen LogP contribution in [-0.4, -0.2) is 44.1 Å². The molecule has 20 heavy (non-hydrogen) atoms. The first-order chi connectivity index (χ1) is 9.27. The van der Waals surface area contributed by atoms with Crippen LogP contribution in [0.4, 0.5) is 5.69 Å². The lowest BCUT2D eigenvalue weighted by atomic mass is 10.2. The number of hydrogen-bond acceptors (Lipinski definition) is 5. The van der Waals surface area contributed by atoms with Gasteiger partial charge in [0.25, 0.3) is 0 Å². The molecule has 7 heteroatoms. The van der Waals surface area contributed by atoms with Crippen LogP contribution in [0.3, 0.4) is 0 Å². The quantitative estimate of drug-likeness (QED) is 0.354. The molecule has 0 bridgehead atoms. The average molecular weight is 299 g/mol. The van der Waals surface area contributed by atoms with Crippen LogP contribution in [0.5, 0.6) is 0 Å². The number of oxime groups is 1. The summed E-state index contributed by atoms with van der Waals surface area (Å²) in [5, 5.41) is 11.1. The minimum absolute atomic E-state index is 0.0431. The number of benzene rings is 1. The first-order valence-corrected chi connectivity index (χ1v) is 8.00. The van der Waals surface area contributed by atoms with Crippen molar-refractivity contribution >= 4 is 21.4 Å². The van der Waals surface area contributed by atoms with Crippen molar-refractivity contribution in [3.05, 3.63) is 29.8 Å². The van der Waals surface area contributed by atoms with Crippen LogP contribution < -0.4 is 10.6 Å². The van der Waals surface area contributed by atoms with Gasteiger partial charge >= 0.3 is 0 Å². The summed E-state index contributed by atoms with van der Waals surface area (Å²) in [4.78, 5) is 1.86. The second-order valence-corrected chi connectivity index (χ2v) is 7.55. The Morgan fingerprint density at radius 3 is 2.35 bits per heavy atom. The van der Waals surface area contributed by atoms with E-state index in [0.29, 0.717) is 12.1 Å². The maximum atomic E-state index is 11.8. The Hall–Kier alpha value is -1.76. The van der Waals surface area contributed by atoms with E-state index in [0.717, 1.165) is 5.69 Å². The summed E-state index contributed by atoms with van der Waals surface area (Å²) in [5.74, 6) is 0.157. The molecule has 0 saturated heterocycles. The van der Waals surface area contributed by atoms with Gasteiger partial charge in [0.1, 0.15) is 0 Å². The van der Waals surface area contributed by atoms with Crippen LogP contribution in [0, 0.1) is 0 Å². The third-order valence-corrected chi connectivity index (χ3v) is 5.33. The fourth-order valence-electron chi connectivity index (χ4n) is 1.57. The van der Waals surface area contributed by atoms with Crippen molar-refractivity contribution in [3.63, 3.8) is 0 Å². The van der Waals surface area contributed by atoms with Crippen molar-refractivity contribution in [2.24, 2.45) is 10.9 Å². The minimum atomic E-state index is -3.04. The summed E-state index contributed by atoms with van der Waals surface area (Å²) < 4.78 is 23.5. The van der Waals surface area contributed by atoms with Crippen LogP contribution in [0.25, 0.3) is 0 Å². The standard InChI is InChI=1S/C13H21N3O3S/c1-10(2)20(18,19)9-8-16(3)12-6-4-11(5-7-12)13(14)15-17/h4-7,10,17H,8-9H2,1-3H3,(H2,14,15). The molecule has 0 aliphatic rings. The molecule has 0 fully saturated rings. The van der Waals surface area contributed by atoms with Gasteiger partial charge in [-0.1, -0.05) is 5.16 Å². The van der Waals surface area contributed by atoms with Gasteiger partial charge in [0.2, 0.25) is 0 Å². The summed E-state index contributed by atoms with van der Waals surface area (Å²) in [6.45, 7) is 3.78. The van der Waals surface area contributed by atoms with Crippen LogP contribution in [0.15, 0.2) is 29.4 Å². The van der Waals surface area contributed by atoms with Crippen molar-refractivity contribution in [1.29, 1.82) is 0 Å². The predicted octanol–water partition coefficient (Wildman–Crippen LogP) is 1.04. The lowest BCUT2D eigenvalue weighted by Gasteiger charge is -2.20. The number of anilines is 1. The zero-order valence-electron chi connectivity index (χ0n) is 11.9. The van der Waals surface area contributed by atoms with E-state index in [9.17, 15) is 8.42 Å². The molecule has 1 aromatic rings. The van der Waals surface area contributed by atoms with Gasteiger partial charge in [-0.15, -0.1) is 0 Å². The number of nitrogens with zero attached hydrogens (tertiary/aromatic N) is 2. The molecule has 112 valence electrons. The molecule has 0 heterocycles. The molecule has 0 aliphatic carbocycles. The Balaban J connectivity index is 2.72. The van der Waals surface area contributed by atoms with E-state index in [2.05, 4.69) is 5.16 Å². The first-order valence-electron chi connectivity index (χ1n) is 6.28. The molecule has 6 nitrogen and oxygen atoms in total. The van der Waals surface area contributed by atoms with Crippen molar-refractivity contribution < 1.29 is 13.6 Å². The third-order valence-electron chi connectivity index (χ3n) is 3.14. The number of rotatable bonds is 6. The largest absolute Gasteiger partial charge is 0.409 e. The molecule has 0 spiro atoms. The Kier molecular flexibility index (Phi) is 5.38. The van der Waals surface area contributed by atoms with E-state index >= 15 is 0 Å². The highest BCUT2D eigenvalue weighted by atomic mass is 32.2. The topological polar surface area (TPSA) is 96.0 Å². The summed E-state index contributed by atoms with van der Waals surface area (Å²) in [5.41, 5.74) is 6.96. The fourth-order valence-corrected chi connectivity index (χ4v) is 2.57. The van der Waals surface area contributed by atoms with Crippen LogP contribution in [0.1, 0.15) is 19.4 Å². The van der Waals surface area contributed by atoms with Gasteiger partial charge in [-0.25, -0.2) is 8.42 Å². The zero-order chi connectivity index (χ0) is 15.3. The molecule has 0 aliphatic heterocycles. The summed E-state index contributed by atoms with van der Waals surface area (Å²) in [7, 11) is -1.21. The van der Waals surface area contributed by atoms with Crippen molar-refractivity contribution in [3.8, 4) is 0 Å².